The highest BCUT2D eigenvalue weighted by atomic mass is 32.1. The topological polar surface area (TPSA) is 81.1 Å². The molecule has 0 bridgehead atoms. The molecular formula is C23H25N3O3S. The predicted molar refractivity (Wildman–Crippen MR) is 117 cm³/mol. The largest absolute Gasteiger partial charge is 0.356 e. The summed E-state index contributed by atoms with van der Waals surface area (Å²) < 4.78 is 1.79. The number of benzene rings is 1. The molecule has 6 nitrogen and oxygen atoms in total. The summed E-state index contributed by atoms with van der Waals surface area (Å²) in [6.07, 6.45) is 5.05. The van der Waals surface area contributed by atoms with Crippen molar-refractivity contribution in [3.63, 3.8) is 0 Å². The highest BCUT2D eigenvalue weighted by molar-refractivity contribution is 7.14. The zero-order chi connectivity index (χ0) is 21.3. The van der Waals surface area contributed by atoms with Crippen molar-refractivity contribution in [3.8, 4) is 5.69 Å². The minimum absolute atomic E-state index is 0.00974. The molecule has 30 heavy (non-hydrogen) atoms. The van der Waals surface area contributed by atoms with Crippen molar-refractivity contribution in [1.29, 1.82) is 0 Å². The van der Waals surface area contributed by atoms with Gasteiger partial charge in [-0.25, -0.2) is 4.68 Å². The number of Topliss-reactive ketones (excluding diaryl/α,β-unsaturated/α-hetero) is 2. The van der Waals surface area contributed by atoms with Crippen LogP contribution in [0.2, 0.25) is 0 Å². The third-order valence-electron chi connectivity index (χ3n) is 4.72. The van der Waals surface area contributed by atoms with Gasteiger partial charge >= 0.3 is 0 Å². The number of carbonyl (C=O) groups is 3. The summed E-state index contributed by atoms with van der Waals surface area (Å²) in [5.74, 6) is -0.206. The highest BCUT2D eigenvalue weighted by Gasteiger charge is 2.12. The Balaban J connectivity index is 1.31. The van der Waals surface area contributed by atoms with Gasteiger partial charge in [-0.15, -0.1) is 11.3 Å². The fourth-order valence-corrected chi connectivity index (χ4v) is 3.84. The molecule has 0 aliphatic heterocycles. The van der Waals surface area contributed by atoms with Crippen LogP contribution in [0.25, 0.3) is 5.69 Å². The lowest BCUT2D eigenvalue weighted by Crippen LogP contribution is -2.26. The molecular weight excluding hydrogens is 398 g/mol. The number of ketones is 2. The van der Waals surface area contributed by atoms with Crippen molar-refractivity contribution in [3.05, 3.63) is 70.2 Å². The second-order valence-corrected chi connectivity index (χ2v) is 8.38. The smallest absolute Gasteiger partial charge is 0.220 e. The Hall–Kier alpha value is -3.06. The number of amides is 1. The molecule has 0 fully saturated rings. The molecule has 1 aromatic carbocycles. The number of carbonyl (C=O) groups excluding carboxylic acids is 3. The lowest BCUT2D eigenvalue weighted by molar-refractivity contribution is -0.125. The van der Waals surface area contributed by atoms with E-state index in [0.29, 0.717) is 17.8 Å². The van der Waals surface area contributed by atoms with E-state index in [0.717, 1.165) is 16.1 Å². The van der Waals surface area contributed by atoms with Gasteiger partial charge in [0.25, 0.3) is 0 Å². The fraction of sp³-hybridized carbons (Fsp3) is 0.304. The number of thiophene rings is 1. The molecule has 7 heteroatoms. The van der Waals surface area contributed by atoms with E-state index in [9.17, 15) is 14.4 Å². The number of nitrogens with zero attached hydrogens (tertiary/aromatic N) is 2. The zero-order valence-electron chi connectivity index (χ0n) is 17.0. The first kappa shape index (κ1) is 21.6. The summed E-state index contributed by atoms with van der Waals surface area (Å²) in [5, 5.41) is 7.04. The molecule has 156 valence electrons. The summed E-state index contributed by atoms with van der Waals surface area (Å²) in [6.45, 7) is 2.46. The van der Waals surface area contributed by atoms with Gasteiger partial charge in [0.2, 0.25) is 5.91 Å². The molecule has 3 aromatic rings. The molecule has 3 rings (SSSR count). The summed E-state index contributed by atoms with van der Waals surface area (Å²) in [7, 11) is 0. The summed E-state index contributed by atoms with van der Waals surface area (Å²) in [6, 6.07) is 13.6. The van der Waals surface area contributed by atoms with E-state index in [1.54, 1.807) is 16.9 Å². The van der Waals surface area contributed by atoms with Crippen LogP contribution in [0.1, 0.15) is 45.8 Å². The monoisotopic (exact) mass is 423 g/mol. The lowest BCUT2D eigenvalue weighted by atomic mass is 10.1. The van der Waals surface area contributed by atoms with Gasteiger partial charge in [0, 0.05) is 49.5 Å². The van der Waals surface area contributed by atoms with Gasteiger partial charge in [0.1, 0.15) is 5.78 Å². The molecule has 0 aliphatic carbocycles. The van der Waals surface area contributed by atoms with Gasteiger partial charge in [0.15, 0.2) is 5.78 Å². The predicted octanol–water partition coefficient (Wildman–Crippen LogP) is 3.91. The van der Waals surface area contributed by atoms with Crippen LogP contribution in [-0.4, -0.2) is 33.8 Å². The fourth-order valence-electron chi connectivity index (χ4n) is 3.01. The molecule has 2 aromatic heterocycles. The second kappa shape index (κ2) is 10.6. The first-order chi connectivity index (χ1) is 14.5. The van der Waals surface area contributed by atoms with Crippen LogP contribution in [0.4, 0.5) is 0 Å². The molecule has 0 unspecified atom stereocenters. The van der Waals surface area contributed by atoms with E-state index in [-0.39, 0.29) is 43.2 Å². The zero-order valence-corrected chi connectivity index (χ0v) is 17.8. The average molecular weight is 424 g/mol. The summed E-state index contributed by atoms with van der Waals surface area (Å²) in [5.41, 5.74) is 2.10. The van der Waals surface area contributed by atoms with Crippen LogP contribution in [-0.2, 0) is 16.0 Å². The van der Waals surface area contributed by atoms with E-state index in [1.807, 2.05) is 49.5 Å². The van der Waals surface area contributed by atoms with E-state index in [2.05, 4.69) is 10.4 Å². The average Bonchev–Trinajstić information content (AvgIpc) is 3.43. The summed E-state index contributed by atoms with van der Waals surface area (Å²) in [4.78, 5) is 37.8. The van der Waals surface area contributed by atoms with Crippen molar-refractivity contribution in [1.82, 2.24) is 15.1 Å². The van der Waals surface area contributed by atoms with E-state index >= 15 is 0 Å². The molecule has 0 aliphatic rings. The van der Waals surface area contributed by atoms with E-state index in [4.69, 9.17) is 0 Å². The van der Waals surface area contributed by atoms with Crippen LogP contribution in [0, 0.1) is 6.92 Å². The maximum atomic E-state index is 12.0. The van der Waals surface area contributed by atoms with Crippen LogP contribution < -0.4 is 5.32 Å². The normalized spacial score (nSPS) is 10.7. The van der Waals surface area contributed by atoms with Crippen LogP contribution in [0.5, 0.6) is 0 Å². The third kappa shape index (κ3) is 6.49. The number of hydrogen-bond acceptors (Lipinski definition) is 5. The number of aromatic nitrogens is 2. The minimum Gasteiger partial charge on any atom is -0.356 e. The SMILES string of the molecule is Cc1ccc(C(=O)CCC(=O)CCC(=O)NCCc2ccc(-n3cccn3)cc2)s1. The van der Waals surface area contributed by atoms with Gasteiger partial charge in [0.05, 0.1) is 10.6 Å². The van der Waals surface area contributed by atoms with Gasteiger partial charge in [-0.05, 0) is 49.2 Å². The lowest BCUT2D eigenvalue weighted by Gasteiger charge is -2.07. The molecule has 1 amide bonds. The van der Waals surface area contributed by atoms with Crippen molar-refractivity contribution in [2.24, 2.45) is 0 Å². The standard InChI is InChI=1S/C23H25N3O3S/c1-17-3-11-22(30-17)21(28)10-8-20(27)9-12-23(29)24-15-13-18-4-6-19(7-5-18)26-16-2-14-25-26/h2-7,11,14,16H,8-10,12-13,15H2,1H3,(H,24,29). The van der Waals surface area contributed by atoms with Crippen LogP contribution in [0.3, 0.4) is 0 Å². The van der Waals surface area contributed by atoms with Crippen molar-refractivity contribution < 1.29 is 14.4 Å². The Morgan fingerprint density at radius 2 is 1.77 bits per heavy atom. The first-order valence-electron chi connectivity index (χ1n) is 9.98. The van der Waals surface area contributed by atoms with Gasteiger partial charge in [-0.1, -0.05) is 12.1 Å². The maximum absolute atomic E-state index is 12.0. The Bertz CT molecular complexity index is 991. The van der Waals surface area contributed by atoms with Crippen LogP contribution >= 0.6 is 11.3 Å². The summed E-state index contributed by atoms with van der Waals surface area (Å²) >= 11 is 1.44. The van der Waals surface area contributed by atoms with Gasteiger partial charge < -0.3 is 5.32 Å². The molecule has 1 N–H and O–H groups in total. The van der Waals surface area contributed by atoms with Crippen molar-refractivity contribution in [2.75, 3.05) is 6.54 Å². The number of aryl methyl sites for hydroxylation is 1. The Kier molecular flexibility index (Phi) is 7.68. The van der Waals surface area contributed by atoms with Crippen molar-refractivity contribution in [2.45, 2.75) is 39.0 Å². The first-order valence-corrected chi connectivity index (χ1v) is 10.8. The molecule has 0 radical (unpaired) electrons. The van der Waals surface area contributed by atoms with Gasteiger partial charge in [-0.2, -0.15) is 5.10 Å². The van der Waals surface area contributed by atoms with Gasteiger partial charge in [-0.3, -0.25) is 14.4 Å². The molecule has 0 atom stereocenters. The highest BCUT2D eigenvalue weighted by Crippen LogP contribution is 2.17. The van der Waals surface area contributed by atoms with Crippen molar-refractivity contribution >= 4 is 28.8 Å². The van der Waals surface area contributed by atoms with Crippen LogP contribution in [0.15, 0.2) is 54.9 Å². The molecule has 2 heterocycles. The number of nitrogens with one attached hydrogen (secondary N) is 1. The Morgan fingerprint density at radius 3 is 2.43 bits per heavy atom. The maximum Gasteiger partial charge on any atom is 0.220 e. The number of rotatable bonds is 11. The number of hydrogen-bond donors (Lipinski definition) is 1. The second-order valence-electron chi connectivity index (χ2n) is 7.09. The molecule has 0 spiro atoms. The van der Waals surface area contributed by atoms with E-state index < -0.39 is 0 Å². The molecule has 0 saturated carbocycles. The Morgan fingerprint density at radius 1 is 1.00 bits per heavy atom. The van der Waals surface area contributed by atoms with E-state index in [1.165, 1.54) is 11.3 Å². The molecule has 0 saturated heterocycles. The Labute approximate surface area is 179 Å². The minimum atomic E-state index is -0.142. The quantitative estimate of drug-likeness (QED) is 0.474. The third-order valence-corrected chi connectivity index (χ3v) is 5.76.